The Morgan fingerprint density at radius 2 is 1.69 bits per heavy atom. The van der Waals surface area contributed by atoms with Gasteiger partial charge in [0.2, 0.25) is 0 Å². The van der Waals surface area contributed by atoms with Crippen LogP contribution in [0.15, 0.2) is 53.3 Å². The molecule has 0 bridgehead atoms. The number of nitrogens with one attached hydrogen (secondary N) is 1. The van der Waals surface area contributed by atoms with E-state index in [1.807, 2.05) is 23.7 Å². The van der Waals surface area contributed by atoms with E-state index in [0.29, 0.717) is 13.1 Å². The molecular formula is C29H38N6O. The second kappa shape index (κ2) is 10.3. The molecule has 0 aliphatic heterocycles. The molecule has 7 heteroatoms. The topological polar surface area (TPSA) is 79.7 Å². The summed E-state index contributed by atoms with van der Waals surface area (Å²) in [4.78, 5) is 18.6. The molecule has 0 saturated heterocycles. The van der Waals surface area contributed by atoms with Crippen molar-refractivity contribution in [1.82, 2.24) is 30.1 Å². The van der Waals surface area contributed by atoms with Crippen LogP contribution in [-0.4, -0.2) is 30.1 Å². The number of hydrogen-bond acceptors (Lipinski definition) is 5. The fourth-order valence-electron chi connectivity index (χ4n) is 4.72. The number of fused-ring (bicyclic) bond motifs is 1. The van der Waals surface area contributed by atoms with Gasteiger partial charge in [0.25, 0.3) is 5.56 Å². The summed E-state index contributed by atoms with van der Waals surface area (Å²) in [5.41, 5.74) is 4.85. The molecule has 0 fully saturated rings. The molecule has 0 aliphatic rings. The van der Waals surface area contributed by atoms with Crippen LogP contribution >= 0.6 is 0 Å². The smallest absolute Gasteiger partial charge is 0.252 e. The maximum absolute atomic E-state index is 13.2. The number of benzene rings is 2. The van der Waals surface area contributed by atoms with Gasteiger partial charge < -0.3 is 4.98 Å². The molecule has 1 N–H and O–H groups in total. The zero-order valence-electron chi connectivity index (χ0n) is 22.5. The number of aromatic amines is 1. The number of hydrogen-bond donors (Lipinski definition) is 1. The predicted octanol–water partition coefficient (Wildman–Crippen LogP) is 5.68. The number of pyridine rings is 1. The van der Waals surface area contributed by atoms with Crippen molar-refractivity contribution in [1.29, 1.82) is 0 Å². The molecular weight excluding hydrogens is 448 g/mol. The van der Waals surface area contributed by atoms with E-state index in [1.54, 1.807) is 0 Å². The molecule has 0 aliphatic carbocycles. The first-order valence-electron chi connectivity index (χ1n) is 12.8. The van der Waals surface area contributed by atoms with Crippen LogP contribution in [0.2, 0.25) is 0 Å². The van der Waals surface area contributed by atoms with Crippen molar-refractivity contribution in [3.8, 4) is 0 Å². The lowest BCUT2D eigenvalue weighted by Gasteiger charge is -2.35. The molecule has 2 heterocycles. The highest BCUT2D eigenvalue weighted by molar-refractivity contribution is 5.79. The average molecular weight is 487 g/mol. The molecule has 0 radical (unpaired) electrons. The van der Waals surface area contributed by atoms with E-state index in [4.69, 9.17) is 0 Å². The molecule has 0 spiro atoms. The molecule has 2 aromatic carbocycles. The van der Waals surface area contributed by atoms with Crippen LogP contribution in [0, 0.1) is 19.8 Å². The summed E-state index contributed by atoms with van der Waals surface area (Å²) in [7, 11) is 0. The summed E-state index contributed by atoms with van der Waals surface area (Å²) in [6, 6.07) is 16.7. The van der Waals surface area contributed by atoms with Gasteiger partial charge in [0.15, 0.2) is 5.82 Å². The third-order valence-electron chi connectivity index (χ3n) is 7.18. The molecule has 36 heavy (non-hydrogen) atoms. The van der Waals surface area contributed by atoms with Gasteiger partial charge in [0, 0.05) is 24.2 Å². The van der Waals surface area contributed by atoms with Crippen LogP contribution in [0.3, 0.4) is 0 Å². The van der Waals surface area contributed by atoms with Crippen LogP contribution in [0.25, 0.3) is 10.9 Å². The Morgan fingerprint density at radius 3 is 2.36 bits per heavy atom. The first-order chi connectivity index (χ1) is 17.1. The Bertz CT molecular complexity index is 1380. The SMILES string of the molecule is CCC(C)(C)n1nnnc1C(C(C)C)N(Cc1ccc(C)cc1)Cc1cc2ccc(C)cc2[nH]c1=O. The number of aromatic nitrogens is 5. The maximum atomic E-state index is 13.2. The zero-order valence-corrected chi connectivity index (χ0v) is 22.5. The molecule has 190 valence electrons. The molecule has 2 aromatic heterocycles. The average Bonchev–Trinajstić information content (AvgIpc) is 3.31. The van der Waals surface area contributed by atoms with Gasteiger partial charge in [0.05, 0.1) is 11.6 Å². The van der Waals surface area contributed by atoms with E-state index in [2.05, 4.69) is 103 Å². The largest absolute Gasteiger partial charge is 0.322 e. The fraction of sp³-hybridized carbons (Fsp3) is 0.448. The first-order valence-corrected chi connectivity index (χ1v) is 12.8. The van der Waals surface area contributed by atoms with Crippen molar-refractivity contribution in [3.05, 3.63) is 87.0 Å². The van der Waals surface area contributed by atoms with E-state index >= 15 is 0 Å². The Morgan fingerprint density at radius 1 is 1.00 bits per heavy atom. The van der Waals surface area contributed by atoms with Gasteiger partial charge >= 0.3 is 0 Å². The molecule has 7 nitrogen and oxygen atoms in total. The lowest BCUT2D eigenvalue weighted by molar-refractivity contribution is 0.118. The lowest BCUT2D eigenvalue weighted by Crippen LogP contribution is -2.38. The highest BCUT2D eigenvalue weighted by atomic mass is 16.1. The molecule has 1 unspecified atom stereocenters. The third kappa shape index (κ3) is 5.41. The third-order valence-corrected chi connectivity index (χ3v) is 7.18. The minimum absolute atomic E-state index is 0.0574. The number of nitrogens with zero attached hydrogens (tertiary/aromatic N) is 5. The van der Waals surface area contributed by atoms with Crippen molar-refractivity contribution < 1.29 is 0 Å². The van der Waals surface area contributed by atoms with Crippen LogP contribution in [0.5, 0.6) is 0 Å². The summed E-state index contributed by atoms with van der Waals surface area (Å²) in [5.74, 6) is 1.05. The fourth-order valence-corrected chi connectivity index (χ4v) is 4.72. The van der Waals surface area contributed by atoms with E-state index < -0.39 is 0 Å². The van der Waals surface area contributed by atoms with Crippen LogP contribution < -0.4 is 5.56 Å². The monoisotopic (exact) mass is 486 g/mol. The van der Waals surface area contributed by atoms with E-state index in [0.717, 1.165) is 34.3 Å². The maximum Gasteiger partial charge on any atom is 0.252 e. The molecule has 0 amide bonds. The summed E-state index contributed by atoms with van der Waals surface area (Å²) < 4.78 is 1.97. The zero-order chi connectivity index (χ0) is 26.0. The molecule has 0 saturated carbocycles. The number of rotatable bonds is 9. The van der Waals surface area contributed by atoms with Crippen molar-refractivity contribution in [2.75, 3.05) is 0 Å². The van der Waals surface area contributed by atoms with Crippen LogP contribution in [-0.2, 0) is 18.6 Å². The van der Waals surface area contributed by atoms with Crippen molar-refractivity contribution >= 4 is 10.9 Å². The summed E-state index contributed by atoms with van der Waals surface area (Å²) in [5, 5.41) is 14.0. The second-order valence-electron chi connectivity index (χ2n) is 10.9. The second-order valence-corrected chi connectivity index (χ2v) is 10.9. The Kier molecular flexibility index (Phi) is 7.41. The highest BCUT2D eigenvalue weighted by Crippen LogP contribution is 2.33. The van der Waals surface area contributed by atoms with Gasteiger partial charge in [-0.2, -0.15) is 0 Å². The Balaban J connectivity index is 1.81. The summed E-state index contributed by atoms with van der Waals surface area (Å²) >= 11 is 0. The van der Waals surface area contributed by atoms with E-state index in [9.17, 15) is 4.79 Å². The highest BCUT2D eigenvalue weighted by Gasteiger charge is 2.33. The molecule has 4 rings (SSSR count). The lowest BCUT2D eigenvalue weighted by atomic mass is 9.96. The number of aryl methyl sites for hydroxylation is 2. The standard InChI is InChI=1S/C29H38N6O/c1-8-29(6,7)35-27(31-32-33-35)26(19(2)3)34(17-22-12-9-20(4)10-13-22)18-24-16-23-14-11-21(5)15-25(23)30-28(24)36/h9-16,19,26H,8,17-18H2,1-7H3,(H,30,36). The minimum Gasteiger partial charge on any atom is -0.322 e. The number of tetrazole rings is 1. The van der Waals surface area contributed by atoms with Gasteiger partial charge in [-0.05, 0) is 79.1 Å². The molecule has 4 aromatic rings. The van der Waals surface area contributed by atoms with Crippen molar-refractivity contribution in [2.24, 2.45) is 5.92 Å². The van der Waals surface area contributed by atoms with Gasteiger partial charge in [-0.1, -0.05) is 62.7 Å². The first kappa shape index (κ1) is 25.8. The van der Waals surface area contributed by atoms with Crippen molar-refractivity contribution in [3.63, 3.8) is 0 Å². The van der Waals surface area contributed by atoms with Gasteiger partial charge in [-0.15, -0.1) is 5.10 Å². The van der Waals surface area contributed by atoms with Gasteiger partial charge in [0.1, 0.15) is 0 Å². The van der Waals surface area contributed by atoms with E-state index in [1.165, 1.54) is 11.1 Å². The number of H-pyrrole nitrogens is 1. The van der Waals surface area contributed by atoms with Gasteiger partial charge in [-0.25, -0.2) is 4.68 Å². The Hall–Kier alpha value is -3.32. The van der Waals surface area contributed by atoms with Gasteiger partial charge in [-0.3, -0.25) is 9.69 Å². The minimum atomic E-state index is -0.222. The van der Waals surface area contributed by atoms with Crippen LogP contribution in [0.4, 0.5) is 0 Å². The Labute approximate surface area is 213 Å². The van der Waals surface area contributed by atoms with E-state index in [-0.39, 0.29) is 23.1 Å². The van der Waals surface area contributed by atoms with Crippen molar-refractivity contribution in [2.45, 2.75) is 79.6 Å². The summed E-state index contributed by atoms with van der Waals surface area (Å²) in [6.45, 7) is 16.1. The normalized spacial score (nSPS) is 13.1. The van der Waals surface area contributed by atoms with Crippen LogP contribution in [0.1, 0.15) is 75.2 Å². The molecule has 1 atom stereocenters. The predicted molar refractivity (Wildman–Crippen MR) is 145 cm³/mol. The summed E-state index contributed by atoms with van der Waals surface area (Å²) in [6.07, 6.45) is 0.900. The quantitative estimate of drug-likeness (QED) is 0.329.